The highest BCUT2D eigenvalue weighted by atomic mass is 32.2. The number of rotatable bonds is 7. The molecule has 0 amide bonds. The molecule has 136 valence electrons. The summed E-state index contributed by atoms with van der Waals surface area (Å²) in [7, 11) is -3.53. The molecule has 1 heterocycles. The van der Waals surface area contributed by atoms with Gasteiger partial charge in [-0.25, -0.2) is 17.5 Å². The van der Waals surface area contributed by atoms with Crippen molar-refractivity contribution in [3.63, 3.8) is 0 Å². The van der Waals surface area contributed by atoms with E-state index in [9.17, 15) is 12.8 Å². The number of nitrogens with one attached hydrogen (secondary N) is 1. The number of hydrogen-bond acceptors (Lipinski definition) is 5. The van der Waals surface area contributed by atoms with E-state index in [1.807, 2.05) is 31.2 Å². The van der Waals surface area contributed by atoms with Crippen molar-refractivity contribution in [2.75, 3.05) is 6.54 Å². The zero-order valence-electron chi connectivity index (χ0n) is 14.1. The topological polar surface area (TPSA) is 85.1 Å². The summed E-state index contributed by atoms with van der Waals surface area (Å²) in [6.07, 6.45) is 0.279. The van der Waals surface area contributed by atoms with Crippen LogP contribution in [0.2, 0.25) is 0 Å². The molecule has 2 aromatic carbocycles. The molecule has 0 fully saturated rings. The minimum absolute atomic E-state index is 0.138. The van der Waals surface area contributed by atoms with Crippen LogP contribution in [0.1, 0.15) is 17.0 Å². The number of sulfonamides is 1. The Labute approximate surface area is 151 Å². The van der Waals surface area contributed by atoms with Crippen molar-refractivity contribution in [1.29, 1.82) is 0 Å². The number of benzene rings is 2. The third kappa shape index (κ3) is 4.74. The van der Waals surface area contributed by atoms with Crippen molar-refractivity contribution in [3.8, 4) is 11.4 Å². The van der Waals surface area contributed by atoms with Crippen LogP contribution in [0.4, 0.5) is 4.39 Å². The number of aromatic nitrogens is 2. The molecule has 3 aromatic rings. The highest BCUT2D eigenvalue weighted by Crippen LogP contribution is 2.19. The Balaban J connectivity index is 1.56. The van der Waals surface area contributed by atoms with Crippen molar-refractivity contribution >= 4 is 10.0 Å². The molecule has 0 spiro atoms. The van der Waals surface area contributed by atoms with E-state index in [0.717, 1.165) is 11.1 Å². The van der Waals surface area contributed by atoms with Gasteiger partial charge in [0, 0.05) is 18.5 Å². The average Bonchev–Trinajstić information content (AvgIpc) is 3.05. The van der Waals surface area contributed by atoms with Crippen LogP contribution in [0.15, 0.2) is 53.1 Å². The molecule has 0 aliphatic heterocycles. The third-order valence-electron chi connectivity index (χ3n) is 3.78. The lowest BCUT2D eigenvalue weighted by molar-refractivity contribution is 0.379. The summed E-state index contributed by atoms with van der Waals surface area (Å²) in [5.41, 5.74) is 2.41. The molecule has 1 aromatic heterocycles. The maximum Gasteiger partial charge on any atom is 0.228 e. The molecule has 6 nitrogen and oxygen atoms in total. The van der Waals surface area contributed by atoms with Gasteiger partial charge in [-0.05, 0) is 30.2 Å². The Morgan fingerprint density at radius 3 is 2.58 bits per heavy atom. The van der Waals surface area contributed by atoms with Crippen molar-refractivity contribution in [3.05, 3.63) is 71.4 Å². The van der Waals surface area contributed by atoms with Gasteiger partial charge in [0.2, 0.25) is 21.7 Å². The summed E-state index contributed by atoms with van der Waals surface area (Å²) >= 11 is 0. The van der Waals surface area contributed by atoms with Gasteiger partial charge in [-0.3, -0.25) is 0 Å². The first-order chi connectivity index (χ1) is 12.4. The predicted octanol–water partition coefficient (Wildman–Crippen LogP) is 2.85. The van der Waals surface area contributed by atoms with Gasteiger partial charge < -0.3 is 4.52 Å². The molecule has 0 atom stereocenters. The van der Waals surface area contributed by atoms with Crippen LogP contribution in [0.25, 0.3) is 11.4 Å². The van der Waals surface area contributed by atoms with Crippen LogP contribution < -0.4 is 4.72 Å². The van der Waals surface area contributed by atoms with Gasteiger partial charge in [-0.15, -0.1) is 0 Å². The minimum Gasteiger partial charge on any atom is -0.339 e. The van der Waals surface area contributed by atoms with E-state index in [0.29, 0.717) is 17.3 Å². The summed E-state index contributed by atoms with van der Waals surface area (Å²) in [4.78, 5) is 4.30. The Morgan fingerprint density at radius 1 is 1.12 bits per heavy atom. The zero-order chi connectivity index (χ0) is 18.6. The highest BCUT2D eigenvalue weighted by Gasteiger charge is 2.14. The van der Waals surface area contributed by atoms with E-state index in [1.54, 1.807) is 0 Å². The lowest BCUT2D eigenvalue weighted by atomic mass is 10.1. The fraction of sp³-hybridized carbons (Fsp3) is 0.222. The maximum atomic E-state index is 12.9. The fourth-order valence-corrected chi connectivity index (χ4v) is 3.60. The van der Waals surface area contributed by atoms with Crippen molar-refractivity contribution in [2.45, 2.75) is 19.1 Å². The number of nitrogens with zero attached hydrogens (tertiary/aromatic N) is 2. The molecule has 0 aliphatic rings. The summed E-state index contributed by atoms with van der Waals surface area (Å²) < 4.78 is 44.7. The second-order valence-corrected chi connectivity index (χ2v) is 7.66. The Kier molecular flexibility index (Phi) is 5.43. The maximum absolute atomic E-state index is 12.9. The molecule has 0 saturated heterocycles. The van der Waals surface area contributed by atoms with E-state index in [-0.39, 0.29) is 18.7 Å². The first-order valence-electron chi connectivity index (χ1n) is 8.03. The number of halogens is 1. The van der Waals surface area contributed by atoms with Gasteiger partial charge in [-0.2, -0.15) is 4.98 Å². The molecule has 3 rings (SSSR count). The van der Waals surface area contributed by atoms with Crippen molar-refractivity contribution in [2.24, 2.45) is 0 Å². The standard InChI is InChI=1S/C18H18FN3O3S/c1-13-4-2-3-5-16(13)18-21-17(25-22-18)10-11-20-26(23,24)12-14-6-8-15(19)9-7-14/h2-9,20H,10-12H2,1H3. The van der Waals surface area contributed by atoms with E-state index < -0.39 is 15.8 Å². The second kappa shape index (κ2) is 7.76. The van der Waals surface area contributed by atoms with Crippen LogP contribution in [0, 0.1) is 12.7 Å². The normalized spacial score (nSPS) is 11.6. The van der Waals surface area contributed by atoms with E-state index in [2.05, 4.69) is 14.9 Å². The Bertz CT molecular complexity index is 985. The van der Waals surface area contributed by atoms with Crippen LogP contribution in [0.3, 0.4) is 0 Å². The molecule has 26 heavy (non-hydrogen) atoms. The quantitative estimate of drug-likeness (QED) is 0.686. The predicted molar refractivity (Wildman–Crippen MR) is 95.2 cm³/mol. The Hall–Kier alpha value is -2.58. The monoisotopic (exact) mass is 375 g/mol. The summed E-state index contributed by atoms with van der Waals surface area (Å²) in [6.45, 7) is 2.09. The van der Waals surface area contributed by atoms with E-state index in [1.165, 1.54) is 24.3 Å². The highest BCUT2D eigenvalue weighted by molar-refractivity contribution is 7.88. The Morgan fingerprint density at radius 2 is 1.85 bits per heavy atom. The summed E-state index contributed by atoms with van der Waals surface area (Å²) in [5.74, 6) is 0.214. The first kappa shape index (κ1) is 18.2. The van der Waals surface area contributed by atoms with Gasteiger partial charge in [0.25, 0.3) is 0 Å². The third-order valence-corrected chi connectivity index (χ3v) is 5.14. The van der Waals surface area contributed by atoms with Crippen LogP contribution in [-0.2, 0) is 22.2 Å². The molecule has 0 radical (unpaired) electrons. The zero-order valence-corrected chi connectivity index (χ0v) is 15.0. The van der Waals surface area contributed by atoms with Gasteiger partial charge in [0.15, 0.2) is 0 Å². The molecule has 0 saturated carbocycles. The lowest BCUT2D eigenvalue weighted by Crippen LogP contribution is -2.27. The molecule has 0 bridgehead atoms. The molecule has 8 heteroatoms. The summed E-state index contributed by atoms with van der Waals surface area (Å²) in [6, 6.07) is 13.0. The molecular formula is C18H18FN3O3S. The van der Waals surface area contributed by atoms with Crippen molar-refractivity contribution < 1.29 is 17.3 Å². The number of aryl methyl sites for hydroxylation is 1. The smallest absolute Gasteiger partial charge is 0.228 e. The first-order valence-corrected chi connectivity index (χ1v) is 9.68. The van der Waals surface area contributed by atoms with Gasteiger partial charge >= 0.3 is 0 Å². The van der Waals surface area contributed by atoms with Crippen LogP contribution in [0.5, 0.6) is 0 Å². The largest absolute Gasteiger partial charge is 0.339 e. The van der Waals surface area contributed by atoms with Gasteiger partial charge in [0.05, 0.1) is 5.75 Å². The second-order valence-electron chi connectivity index (χ2n) is 5.86. The van der Waals surface area contributed by atoms with E-state index >= 15 is 0 Å². The van der Waals surface area contributed by atoms with Gasteiger partial charge in [0.1, 0.15) is 5.82 Å². The lowest BCUT2D eigenvalue weighted by Gasteiger charge is -2.05. The average molecular weight is 375 g/mol. The fourth-order valence-electron chi connectivity index (χ4n) is 2.45. The molecule has 0 aliphatic carbocycles. The van der Waals surface area contributed by atoms with E-state index in [4.69, 9.17) is 4.52 Å². The minimum atomic E-state index is -3.53. The molecule has 1 N–H and O–H groups in total. The number of hydrogen-bond donors (Lipinski definition) is 1. The van der Waals surface area contributed by atoms with Gasteiger partial charge in [-0.1, -0.05) is 41.6 Å². The van der Waals surface area contributed by atoms with Crippen LogP contribution in [-0.4, -0.2) is 25.1 Å². The van der Waals surface area contributed by atoms with Crippen LogP contribution >= 0.6 is 0 Å². The molecular weight excluding hydrogens is 357 g/mol. The summed E-state index contributed by atoms with van der Waals surface area (Å²) in [5, 5.41) is 3.94. The SMILES string of the molecule is Cc1ccccc1-c1noc(CCNS(=O)(=O)Cc2ccc(F)cc2)n1. The molecule has 0 unspecified atom stereocenters. The van der Waals surface area contributed by atoms with Crippen molar-refractivity contribution in [1.82, 2.24) is 14.9 Å².